The molecule has 3 N–H and O–H groups in total. The van der Waals surface area contributed by atoms with E-state index in [2.05, 4.69) is 15.3 Å². The maximum atomic E-state index is 13.5. The molecule has 2 unspecified atom stereocenters. The van der Waals surface area contributed by atoms with Gasteiger partial charge in [0.05, 0.1) is 23.0 Å². The molecule has 1 saturated heterocycles. The van der Waals surface area contributed by atoms with Gasteiger partial charge in [0.15, 0.2) is 0 Å². The third-order valence-corrected chi connectivity index (χ3v) is 6.87. The topological polar surface area (TPSA) is 115 Å². The number of piperidine rings is 1. The number of hydrogen-bond acceptors (Lipinski definition) is 7. The maximum absolute atomic E-state index is 13.5. The lowest BCUT2D eigenvalue weighted by Crippen LogP contribution is -2.43. The number of carbonyl (C=O) groups excluding carboxylic acids is 1. The van der Waals surface area contributed by atoms with Crippen LogP contribution < -0.4 is 16.6 Å². The van der Waals surface area contributed by atoms with Crippen molar-refractivity contribution in [3.63, 3.8) is 0 Å². The number of aromatic nitrogens is 3. The molecule has 12 heteroatoms. The summed E-state index contributed by atoms with van der Waals surface area (Å²) < 4.78 is 47.4. The van der Waals surface area contributed by atoms with Gasteiger partial charge in [-0.05, 0) is 83.7 Å². The predicted molar refractivity (Wildman–Crippen MR) is 147 cm³/mol. The first-order valence-corrected chi connectivity index (χ1v) is 13.2. The number of likely N-dealkylation sites (tertiary alicyclic amines) is 1. The molecule has 9 nitrogen and oxygen atoms in total. The van der Waals surface area contributed by atoms with Crippen molar-refractivity contribution in [2.75, 3.05) is 17.6 Å². The molecule has 4 rings (SSSR count). The highest BCUT2D eigenvalue weighted by molar-refractivity contribution is 5.89. The van der Waals surface area contributed by atoms with Crippen LogP contribution in [0.5, 0.6) is 0 Å². The lowest BCUT2D eigenvalue weighted by molar-refractivity contribution is -0.137. The van der Waals surface area contributed by atoms with Gasteiger partial charge in [-0.1, -0.05) is 0 Å². The quantitative estimate of drug-likeness (QED) is 0.383. The maximum Gasteiger partial charge on any atom is 0.416 e. The summed E-state index contributed by atoms with van der Waals surface area (Å²) in [4.78, 5) is 37.1. The van der Waals surface area contributed by atoms with Crippen molar-refractivity contribution in [3.05, 3.63) is 57.3 Å². The third-order valence-electron chi connectivity index (χ3n) is 6.87. The second-order valence-corrected chi connectivity index (χ2v) is 11.3. The van der Waals surface area contributed by atoms with Crippen LogP contribution in [0.15, 0.2) is 29.1 Å². The van der Waals surface area contributed by atoms with Crippen molar-refractivity contribution >= 4 is 28.5 Å². The number of nitrogen functional groups attached to an aromatic ring is 1. The molecule has 0 bridgehead atoms. The SMILES string of the molecule is Cc1nc(NC(C)c2cc(N)cc(C(F)(F)F)c2)c2cc(C3CCCCN3C(=O)OC(C)(C)C)n(C)c(=O)c2n1. The van der Waals surface area contributed by atoms with Crippen LogP contribution in [0.2, 0.25) is 0 Å². The number of hydrogen-bond donors (Lipinski definition) is 2. The smallest absolute Gasteiger partial charge is 0.416 e. The standard InChI is InChI=1S/C28H35F3N6O3/c1-15(17-11-18(28(29,30)31)13-19(32)12-17)33-24-20-14-22(36(6)25(38)23(20)34-16(2)35-24)21-9-7-8-10-37(21)26(39)40-27(3,4)5/h11-15,21H,7-10,32H2,1-6H3,(H,33,34,35). The molecule has 3 aromatic rings. The average Bonchev–Trinajstić information content (AvgIpc) is 2.84. The zero-order chi connectivity index (χ0) is 29.6. The van der Waals surface area contributed by atoms with Crippen LogP contribution in [0.1, 0.15) is 81.7 Å². The van der Waals surface area contributed by atoms with E-state index < -0.39 is 35.5 Å². The molecule has 0 saturated carbocycles. The van der Waals surface area contributed by atoms with Gasteiger partial charge in [0, 0.05) is 25.0 Å². The molecule has 1 amide bonds. The minimum atomic E-state index is -4.55. The van der Waals surface area contributed by atoms with Crippen LogP contribution in [0.4, 0.5) is 29.5 Å². The number of rotatable bonds is 4. The molecule has 1 fully saturated rings. The molecular formula is C28H35F3N6O3. The Morgan fingerprint density at radius 3 is 2.50 bits per heavy atom. The van der Waals surface area contributed by atoms with Crippen molar-refractivity contribution in [1.82, 2.24) is 19.4 Å². The van der Waals surface area contributed by atoms with Crippen LogP contribution in [0.3, 0.4) is 0 Å². The van der Waals surface area contributed by atoms with Gasteiger partial charge in [-0.15, -0.1) is 0 Å². The number of fused-ring (bicyclic) bond motifs is 1. The normalized spacial score (nSPS) is 17.1. The van der Waals surface area contributed by atoms with Gasteiger partial charge in [0.1, 0.15) is 22.8 Å². The second-order valence-electron chi connectivity index (χ2n) is 11.3. The number of aryl methyl sites for hydroxylation is 1. The molecule has 1 aliphatic heterocycles. The van der Waals surface area contributed by atoms with E-state index in [9.17, 15) is 22.8 Å². The molecule has 1 aromatic carbocycles. The number of alkyl halides is 3. The van der Waals surface area contributed by atoms with E-state index in [1.807, 2.05) is 0 Å². The van der Waals surface area contributed by atoms with Gasteiger partial charge in [-0.3, -0.25) is 9.69 Å². The van der Waals surface area contributed by atoms with E-state index in [1.54, 1.807) is 52.6 Å². The van der Waals surface area contributed by atoms with Gasteiger partial charge < -0.3 is 20.4 Å². The Balaban J connectivity index is 1.79. The van der Waals surface area contributed by atoms with Crippen LogP contribution in [0.25, 0.3) is 10.9 Å². The van der Waals surface area contributed by atoms with E-state index in [0.29, 0.717) is 41.3 Å². The number of ether oxygens (including phenoxy) is 1. The molecule has 0 spiro atoms. The summed E-state index contributed by atoms with van der Waals surface area (Å²) >= 11 is 0. The molecule has 3 heterocycles. The van der Waals surface area contributed by atoms with Crippen LogP contribution in [0, 0.1) is 6.92 Å². The lowest BCUT2D eigenvalue weighted by atomic mass is 9.98. The van der Waals surface area contributed by atoms with Crippen molar-refractivity contribution in [2.24, 2.45) is 7.05 Å². The number of halogens is 3. The van der Waals surface area contributed by atoms with Crippen LogP contribution in [-0.2, 0) is 18.0 Å². The van der Waals surface area contributed by atoms with E-state index in [-0.39, 0.29) is 16.8 Å². The number of pyridine rings is 1. The largest absolute Gasteiger partial charge is 0.444 e. The lowest BCUT2D eigenvalue weighted by Gasteiger charge is -2.37. The third kappa shape index (κ3) is 6.15. The fraction of sp³-hybridized carbons (Fsp3) is 0.500. The van der Waals surface area contributed by atoms with E-state index in [4.69, 9.17) is 10.5 Å². The number of nitrogens with zero attached hydrogens (tertiary/aromatic N) is 4. The van der Waals surface area contributed by atoms with Gasteiger partial charge in [-0.2, -0.15) is 13.2 Å². The molecule has 40 heavy (non-hydrogen) atoms. The molecule has 0 aliphatic carbocycles. The highest BCUT2D eigenvalue weighted by Gasteiger charge is 2.34. The number of amides is 1. The molecule has 2 aromatic heterocycles. The Bertz CT molecular complexity index is 1500. The number of carbonyl (C=O) groups is 1. The summed E-state index contributed by atoms with van der Waals surface area (Å²) in [6.07, 6.45) is -2.71. The van der Waals surface area contributed by atoms with E-state index in [1.165, 1.54) is 10.6 Å². The zero-order valence-corrected chi connectivity index (χ0v) is 23.5. The summed E-state index contributed by atoms with van der Waals surface area (Å²) in [5.74, 6) is 0.619. The zero-order valence-electron chi connectivity index (χ0n) is 23.5. The molecule has 1 aliphatic rings. The van der Waals surface area contributed by atoms with E-state index in [0.717, 1.165) is 25.0 Å². The molecular weight excluding hydrogens is 525 g/mol. The summed E-state index contributed by atoms with van der Waals surface area (Å²) in [5, 5.41) is 3.57. The Morgan fingerprint density at radius 2 is 1.85 bits per heavy atom. The van der Waals surface area contributed by atoms with Gasteiger partial charge in [0.2, 0.25) is 0 Å². The van der Waals surface area contributed by atoms with Crippen molar-refractivity contribution in [2.45, 2.75) is 77.7 Å². The Labute approximate surface area is 230 Å². The van der Waals surface area contributed by atoms with Gasteiger partial charge >= 0.3 is 12.3 Å². The Hall–Kier alpha value is -3.83. The second kappa shape index (κ2) is 10.6. The van der Waals surface area contributed by atoms with Crippen molar-refractivity contribution in [1.29, 1.82) is 0 Å². The Morgan fingerprint density at radius 1 is 1.15 bits per heavy atom. The van der Waals surface area contributed by atoms with Gasteiger partial charge in [-0.25, -0.2) is 14.8 Å². The Kier molecular flexibility index (Phi) is 7.75. The first-order chi connectivity index (χ1) is 18.5. The summed E-state index contributed by atoms with van der Waals surface area (Å²) in [7, 11) is 1.64. The summed E-state index contributed by atoms with van der Waals surface area (Å²) in [6, 6.07) is 4.11. The first-order valence-electron chi connectivity index (χ1n) is 13.2. The minimum absolute atomic E-state index is 0.0158. The number of benzene rings is 1. The van der Waals surface area contributed by atoms with Crippen molar-refractivity contribution < 1.29 is 22.7 Å². The summed E-state index contributed by atoms with van der Waals surface area (Å²) in [5.41, 5.74) is 4.93. The van der Waals surface area contributed by atoms with Crippen LogP contribution >= 0.6 is 0 Å². The van der Waals surface area contributed by atoms with E-state index >= 15 is 0 Å². The first kappa shape index (κ1) is 29.2. The highest BCUT2D eigenvalue weighted by Crippen LogP contribution is 2.36. The van der Waals surface area contributed by atoms with Crippen LogP contribution in [-0.4, -0.2) is 37.7 Å². The highest BCUT2D eigenvalue weighted by atomic mass is 19.4. The minimum Gasteiger partial charge on any atom is -0.444 e. The monoisotopic (exact) mass is 560 g/mol. The predicted octanol–water partition coefficient (Wildman–Crippen LogP) is 5.87. The summed E-state index contributed by atoms with van der Waals surface area (Å²) in [6.45, 7) is 9.20. The molecule has 2 atom stereocenters. The molecule has 0 radical (unpaired) electrons. The van der Waals surface area contributed by atoms with Gasteiger partial charge in [0.25, 0.3) is 5.56 Å². The fourth-order valence-corrected chi connectivity index (χ4v) is 4.99. The molecule has 216 valence electrons. The fourth-order valence-electron chi connectivity index (χ4n) is 4.99. The van der Waals surface area contributed by atoms with Crippen molar-refractivity contribution in [3.8, 4) is 0 Å². The number of anilines is 2. The number of nitrogens with two attached hydrogens (primary N) is 1. The number of nitrogens with one attached hydrogen (secondary N) is 1. The average molecular weight is 561 g/mol.